The molecule has 0 fully saturated rings. The van der Waals surface area contributed by atoms with Crippen LogP contribution < -0.4 is 16.0 Å². The van der Waals surface area contributed by atoms with Crippen LogP contribution in [0.3, 0.4) is 0 Å². The molecule has 0 aliphatic heterocycles. The molecular formula is C17H18F2N4O2. The Hall–Kier alpha value is -3.03. The van der Waals surface area contributed by atoms with E-state index in [2.05, 4.69) is 20.9 Å². The standard InChI is InChI=1S/C17H18F2N4O2/c1-11-2-5-15(21-9-11)23-16(24)6-7-20-17(25)22-10-12-8-13(18)3-4-14(12)19/h2-5,8-9H,6-7,10H2,1H3,(H2,20,22,25)(H,21,23,24). The van der Waals surface area contributed by atoms with Crippen molar-refractivity contribution in [1.29, 1.82) is 0 Å². The van der Waals surface area contributed by atoms with Gasteiger partial charge in [0, 0.05) is 31.3 Å². The third-order valence-corrected chi connectivity index (χ3v) is 3.26. The Bertz CT molecular complexity index is 751. The second-order valence-electron chi connectivity index (χ2n) is 5.36. The van der Waals surface area contributed by atoms with Gasteiger partial charge in [0.25, 0.3) is 0 Å². The lowest BCUT2D eigenvalue weighted by Gasteiger charge is -2.09. The average Bonchev–Trinajstić information content (AvgIpc) is 2.58. The zero-order valence-corrected chi connectivity index (χ0v) is 13.6. The molecule has 3 amide bonds. The second kappa shape index (κ2) is 8.72. The van der Waals surface area contributed by atoms with Gasteiger partial charge in [-0.3, -0.25) is 4.79 Å². The highest BCUT2D eigenvalue weighted by Gasteiger charge is 2.07. The van der Waals surface area contributed by atoms with Gasteiger partial charge in [-0.05, 0) is 36.8 Å². The first kappa shape index (κ1) is 18.3. The quantitative estimate of drug-likeness (QED) is 0.750. The Morgan fingerprint density at radius 1 is 1.12 bits per heavy atom. The van der Waals surface area contributed by atoms with E-state index >= 15 is 0 Å². The van der Waals surface area contributed by atoms with E-state index in [1.165, 1.54) is 0 Å². The highest BCUT2D eigenvalue weighted by Crippen LogP contribution is 2.09. The number of nitrogens with zero attached hydrogens (tertiary/aromatic N) is 1. The molecule has 2 rings (SSSR count). The SMILES string of the molecule is Cc1ccc(NC(=O)CCNC(=O)NCc2cc(F)ccc2F)nc1. The number of nitrogens with one attached hydrogen (secondary N) is 3. The van der Waals surface area contributed by atoms with Gasteiger partial charge in [0.2, 0.25) is 5.91 Å². The van der Waals surface area contributed by atoms with Crippen molar-refractivity contribution < 1.29 is 18.4 Å². The summed E-state index contributed by atoms with van der Waals surface area (Å²) < 4.78 is 26.4. The number of carbonyl (C=O) groups is 2. The van der Waals surface area contributed by atoms with Gasteiger partial charge in [-0.2, -0.15) is 0 Å². The van der Waals surface area contributed by atoms with Crippen LogP contribution in [0.2, 0.25) is 0 Å². The Morgan fingerprint density at radius 3 is 2.64 bits per heavy atom. The van der Waals surface area contributed by atoms with E-state index in [9.17, 15) is 18.4 Å². The first-order valence-corrected chi connectivity index (χ1v) is 7.62. The molecule has 1 aromatic carbocycles. The van der Waals surface area contributed by atoms with Crippen molar-refractivity contribution in [3.8, 4) is 0 Å². The van der Waals surface area contributed by atoms with Gasteiger partial charge in [0.1, 0.15) is 17.5 Å². The minimum absolute atomic E-state index is 0.0401. The molecule has 0 unspecified atom stereocenters. The van der Waals surface area contributed by atoms with Crippen molar-refractivity contribution in [3.05, 3.63) is 59.3 Å². The Labute approximate surface area is 143 Å². The lowest BCUT2D eigenvalue weighted by Crippen LogP contribution is -2.36. The van der Waals surface area contributed by atoms with Gasteiger partial charge in [-0.1, -0.05) is 6.07 Å². The summed E-state index contributed by atoms with van der Waals surface area (Å²) >= 11 is 0. The fraction of sp³-hybridized carbons (Fsp3) is 0.235. The molecular weight excluding hydrogens is 330 g/mol. The summed E-state index contributed by atoms with van der Waals surface area (Å²) in [6.07, 6.45) is 1.68. The van der Waals surface area contributed by atoms with Crippen LogP contribution in [0.4, 0.5) is 19.4 Å². The predicted molar refractivity (Wildman–Crippen MR) is 88.8 cm³/mol. The summed E-state index contributed by atoms with van der Waals surface area (Å²) in [4.78, 5) is 27.4. The number of urea groups is 1. The van der Waals surface area contributed by atoms with Gasteiger partial charge in [0.15, 0.2) is 0 Å². The molecule has 0 atom stereocenters. The molecule has 0 saturated carbocycles. The Balaban J connectivity index is 1.68. The lowest BCUT2D eigenvalue weighted by atomic mass is 10.2. The van der Waals surface area contributed by atoms with Crippen LogP contribution in [-0.2, 0) is 11.3 Å². The molecule has 0 aliphatic carbocycles. The van der Waals surface area contributed by atoms with Crippen LogP contribution in [0.5, 0.6) is 0 Å². The zero-order chi connectivity index (χ0) is 18.2. The summed E-state index contributed by atoms with van der Waals surface area (Å²) in [6.45, 7) is 1.82. The number of halogens is 2. The number of benzene rings is 1. The van der Waals surface area contributed by atoms with E-state index in [1.54, 1.807) is 12.3 Å². The molecule has 3 N–H and O–H groups in total. The summed E-state index contributed by atoms with van der Waals surface area (Å²) in [5, 5.41) is 7.46. The van der Waals surface area contributed by atoms with Gasteiger partial charge in [-0.25, -0.2) is 18.6 Å². The summed E-state index contributed by atoms with van der Waals surface area (Å²) in [7, 11) is 0. The van der Waals surface area contributed by atoms with E-state index in [-0.39, 0.29) is 31.0 Å². The molecule has 8 heteroatoms. The number of anilines is 1. The number of rotatable bonds is 6. The molecule has 6 nitrogen and oxygen atoms in total. The maximum absolute atomic E-state index is 13.4. The van der Waals surface area contributed by atoms with Gasteiger partial charge < -0.3 is 16.0 Å². The van der Waals surface area contributed by atoms with E-state index in [0.717, 1.165) is 23.8 Å². The smallest absolute Gasteiger partial charge is 0.315 e. The zero-order valence-electron chi connectivity index (χ0n) is 13.6. The molecule has 1 aromatic heterocycles. The second-order valence-corrected chi connectivity index (χ2v) is 5.36. The highest BCUT2D eigenvalue weighted by molar-refractivity contribution is 5.90. The highest BCUT2D eigenvalue weighted by atomic mass is 19.1. The number of hydrogen-bond donors (Lipinski definition) is 3. The number of aryl methyl sites for hydroxylation is 1. The van der Waals surface area contributed by atoms with E-state index < -0.39 is 17.7 Å². The van der Waals surface area contributed by atoms with E-state index in [0.29, 0.717) is 5.82 Å². The number of hydrogen-bond acceptors (Lipinski definition) is 3. The fourth-order valence-corrected chi connectivity index (χ4v) is 1.95. The molecule has 132 valence electrons. The molecule has 1 heterocycles. The van der Waals surface area contributed by atoms with Crippen LogP contribution in [0.15, 0.2) is 36.5 Å². The minimum Gasteiger partial charge on any atom is -0.338 e. The first-order chi connectivity index (χ1) is 11.9. The Morgan fingerprint density at radius 2 is 1.92 bits per heavy atom. The van der Waals surface area contributed by atoms with Crippen molar-refractivity contribution in [1.82, 2.24) is 15.6 Å². The third kappa shape index (κ3) is 6.17. The summed E-state index contributed by atoms with van der Waals surface area (Å²) in [6, 6.07) is 5.93. The lowest BCUT2D eigenvalue weighted by molar-refractivity contribution is -0.116. The average molecular weight is 348 g/mol. The molecule has 0 saturated heterocycles. The Kier molecular flexibility index (Phi) is 6.39. The number of amides is 3. The monoisotopic (exact) mass is 348 g/mol. The van der Waals surface area contributed by atoms with Gasteiger partial charge >= 0.3 is 6.03 Å². The van der Waals surface area contributed by atoms with Crippen LogP contribution in [-0.4, -0.2) is 23.5 Å². The van der Waals surface area contributed by atoms with Crippen molar-refractivity contribution in [2.24, 2.45) is 0 Å². The van der Waals surface area contributed by atoms with Crippen LogP contribution in [0.25, 0.3) is 0 Å². The van der Waals surface area contributed by atoms with Gasteiger partial charge in [0.05, 0.1) is 0 Å². The van der Waals surface area contributed by atoms with Crippen molar-refractivity contribution in [2.75, 3.05) is 11.9 Å². The third-order valence-electron chi connectivity index (χ3n) is 3.26. The van der Waals surface area contributed by atoms with Gasteiger partial charge in [-0.15, -0.1) is 0 Å². The number of carbonyl (C=O) groups excluding carboxylic acids is 2. The van der Waals surface area contributed by atoms with Crippen LogP contribution in [0.1, 0.15) is 17.5 Å². The van der Waals surface area contributed by atoms with E-state index in [4.69, 9.17) is 0 Å². The normalized spacial score (nSPS) is 10.2. The molecule has 0 radical (unpaired) electrons. The van der Waals surface area contributed by atoms with Crippen molar-refractivity contribution in [3.63, 3.8) is 0 Å². The number of pyridine rings is 1. The van der Waals surface area contributed by atoms with Crippen LogP contribution in [0, 0.1) is 18.6 Å². The van der Waals surface area contributed by atoms with E-state index in [1.807, 2.05) is 13.0 Å². The maximum atomic E-state index is 13.4. The van der Waals surface area contributed by atoms with Crippen molar-refractivity contribution in [2.45, 2.75) is 19.9 Å². The minimum atomic E-state index is -0.605. The largest absolute Gasteiger partial charge is 0.338 e. The van der Waals surface area contributed by atoms with Crippen LogP contribution >= 0.6 is 0 Å². The fourth-order valence-electron chi connectivity index (χ4n) is 1.95. The summed E-state index contributed by atoms with van der Waals surface area (Å²) in [5.41, 5.74) is 1.02. The molecule has 25 heavy (non-hydrogen) atoms. The topological polar surface area (TPSA) is 83.1 Å². The molecule has 2 aromatic rings. The molecule has 0 spiro atoms. The summed E-state index contributed by atoms with van der Waals surface area (Å²) in [5.74, 6) is -1.05. The molecule has 0 bridgehead atoms. The number of aromatic nitrogens is 1. The van der Waals surface area contributed by atoms with Crippen molar-refractivity contribution >= 4 is 17.8 Å². The first-order valence-electron chi connectivity index (χ1n) is 7.62. The maximum Gasteiger partial charge on any atom is 0.315 e. The predicted octanol–water partition coefficient (Wildman–Crippen LogP) is 2.50. The molecule has 0 aliphatic rings.